The summed E-state index contributed by atoms with van der Waals surface area (Å²) in [5.74, 6) is 0.602. The van der Waals surface area contributed by atoms with Gasteiger partial charge in [0.2, 0.25) is 0 Å². The first-order valence-electron chi connectivity index (χ1n) is 17.8. The Morgan fingerprint density at radius 3 is 1.81 bits per heavy atom. The third kappa shape index (κ3) is 5.23. The molecule has 0 aliphatic carbocycles. The Bertz CT molecular complexity index is 3100. The van der Waals surface area contributed by atoms with Gasteiger partial charge in [0.25, 0.3) is 0 Å². The van der Waals surface area contributed by atoms with E-state index in [1.807, 2.05) is 19.1 Å². The van der Waals surface area contributed by atoms with Crippen LogP contribution in [0.2, 0.25) is 0 Å². The number of rotatable bonds is 5. The van der Waals surface area contributed by atoms with Crippen LogP contribution in [0.4, 0.5) is 0 Å². The Labute approximate surface area is 306 Å². The monoisotopic (exact) mass is 679 g/mol. The third-order valence-corrected chi connectivity index (χ3v) is 10.3. The van der Waals surface area contributed by atoms with Gasteiger partial charge in [-0.15, -0.1) is 0 Å². The zero-order chi connectivity index (χ0) is 35.5. The van der Waals surface area contributed by atoms with E-state index in [-0.39, 0.29) is 0 Å². The van der Waals surface area contributed by atoms with Crippen molar-refractivity contribution in [2.75, 3.05) is 0 Å². The van der Waals surface area contributed by atoms with E-state index in [9.17, 15) is 0 Å². The van der Waals surface area contributed by atoms with Crippen LogP contribution in [0.5, 0.6) is 0 Å². The smallest absolute Gasteiger partial charge is 0.160 e. The van der Waals surface area contributed by atoms with Crippen LogP contribution in [0.1, 0.15) is 23.6 Å². The summed E-state index contributed by atoms with van der Waals surface area (Å²) in [5, 5.41) is 9.12. The Balaban J connectivity index is 1.11. The summed E-state index contributed by atoms with van der Waals surface area (Å²) in [7, 11) is 0. The summed E-state index contributed by atoms with van der Waals surface area (Å²) in [4.78, 5) is 10.4. The molecule has 0 atom stereocenters. The number of aromatic nitrogens is 1. The molecular formula is C49H33N3O. The molecule has 4 heteroatoms. The molecule has 0 spiro atoms. The topological polar surface area (TPSA) is 42.8 Å². The highest BCUT2D eigenvalue weighted by Gasteiger charge is 2.17. The molecule has 0 saturated carbocycles. The Kier molecular flexibility index (Phi) is 7.15. The lowest BCUT2D eigenvalue weighted by Gasteiger charge is -2.10. The van der Waals surface area contributed by atoms with Crippen molar-refractivity contribution in [1.82, 2.24) is 4.57 Å². The van der Waals surface area contributed by atoms with E-state index < -0.39 is 0 Å². The second-order valence-corrected chi connectivity index (χ2v) is 13.5. The molecule has 0 saturated heterocycles. The van der Waals surface area contributed by atoms with Crippen molar-refractivity contribution in [2.45, 2.75) is 6.92 Å². The number of hydrogen-bond donors (Lipinski definition) is 0. The number of furan rings is 1. The van der Waals surface area contributed by atoms with Crippen molar-refractivity contribution in [3.63, 3.8) is 0 Å². The van der Waals surface area contributed by atoms with Crippen LogP contribution in [0.3, 0.4) is 0 Å². The van der Waals surface area contributed by atoms with Crippen LogP contribution < -0.4 is 0 Å². The number of para-hydroxylation sites is 2. The maximum atomic E-state index is 6.57. The molecule has 0 aliphatic rings. The molecule has 0 N–H and O–H groups in total. The molecule has 250 valence electrons. The third-order valence-electron chi connectivity index (χ3n) is 10.3. The summed E-state index contributed by atoms with van der Waals surface area (Å²) >= 11 is 0. The van der Waals surface area contributed by atoms with Crippen LogP contribution >= 0.6 is 0 Å². The van der Waals surface area contributed by atoms with E-state index in [1.165, 1.54) is 26.9 Å². The van der Waals surface area contributed by atoms with Gasteiger partial charge in [0, 0.05) is 50.1 Å². The number of aliphatic imine (C=N–C) groups is 2. The number of benzene rings is 8. The van der Waals surface area contributed by atoms with E-state index in [0.29, 0.717) is 11.5 Å². The normalized spacial score (nSPS) is 12.5. The molecule has 2 heterocycles. The van der Waals surface area contributed by atoms with Gasteiger partial charge in [-0.2, -0.15) is 0 Å². The van der Waals surface area contributed by atoms with Crippen LogP contribution in [0.15, 0.2) is 191 Å². The summed E-state index contributed by atoms with van der Waals surface area (Å²) in [6.07, 6.45) is 0. The van der Waals surface area contributed by atoms with Gasteiger partial charge < -0.3 is 8.98 Å². The minimum absolute atomic E-state index is 0.602. The van der Waals surface area contributed by atoms with Crippen molar-refractivity contribution >= 4 is 82.5 Å². The molecule has 0 fully saturated rings. The van der Waals surface area contributed by atoms with Gasteiger partial charge in [-0.3, -0.25) is 0 Å². The van der Waals surface area contributed by atoms with Crippen molar-refractivity contribution in [3.05, 3.63) is 193 Å². The van der Waals surface area contributed by atoms with Gasteiger partial charge >= 0.3 is 0 Å². The van der Waals surface area contributed by atoms with Crippen LogP contribution in [0, 0.1) is 0 Å². The minimum Gasteiger partial charge on any atom is -0.456 e. The minimum atomic E-state index is 0.602. The molecule has 2 aromatic heterocycles. The molecule has 10 aromatic rings. The summed E-state index contributed by atoms with van der Waals surface area (Å²) in [5.41, 5.74) is 9.33. The first-order valence-corrected chi connectivity index (χ1v) is 17.8. The second kappa shape index (κ2) is 12.3. The van der Waals surface area contributed by atoms with Crippen molar-refractivity contribution in [2.24, 2.45) is 9.98 Å². The Morgan fingerprint density at radius 1 is 0.509 bits per heavy atom. The van der Waals surface area contributed by atoms with Gasteiger partial charge in [-0.1, -0.05) is 128 Å². The van der Waals surface area contributed by atoms with Crippen molar-refractivity contribution in [1.29, 1.82) is 0 Å². The van der Waals surface area contributed by atoms with Crippen LogP contribution in [-0.2, 0) is 0 Å². The largest absolute Gasteiger partial charge is 0.456 e. The Hall–Kier alpha value is -7.04. The predicted molar refractivity (Wildman–Crippen MR) is 224 cm³/mol. The van der Waals surface area contributed by atoms with E-state index in [0.717, 1.165) is 66.4 Å². The average Bonchev–Trinajstić information content (AvgIpc) is 3.75. The van der Waals surface area contributed by atoms with Gasteiger partial charge in [0.05, 0.1) is 16.7 Å². The van der Waals surface area contributed by atoms with Crippen LogP contribution in [-0.4, -0.2) is 16.1 Å². The molecular weight excluding hydrogens is 647 g/mol. The highest BCUT2D eigenvalue weighted by atomic mass is 16.3. The fourth-order valence-electron chi connectivity index (χ4n) is 7.70. The van der Waals surface area contributed by atoms with E-state index >= 15 is 0 Å². The fraction of sp³-hybridized carbons (Fsp3) is 0.0204. The maximum Gasteiger partial charge on any atom is 0.160 e. The van der Waals surface area contributed by atoms with Crippen LogP contribution in [0.25, 0.3) is 76.7 Å². The molecule has 4 nitrogen and oxygen atoms in total. The van der Waals surface area contributed by atoms with E-state index in [1.54, 1.807) is 0 Å². The molecule has 10 rings (SSSR count). The average molecular weight is 680 g/mol. The number of nitrogens with zero attached hydrogens (tertiary/aromatic N) is 3. The molecule has 0 radical (unpaired) electrons. The standard InChI is InChI=1S/C49H33N3O/c1-31(35-24-22-33-12-3-5-14-36(33)28-35)50-49(38-25-23-34-13-4-6-15-37(34)29-38)51-32(2)40-18-11-21-46-48(40)43-27-26-39(30-47(43)53-46)52-44-19-9-7-16-41(44)42-17-8-10-20-45(42)52/h3-30H,2H2,1H3. The van der Waals surface area contributed by atoms with Crippen molar-refractivity contribution < 1.29 is 4.42 Å². The van der Waals surface area contributed by atoms with Gasteiger partial charge in [-0.25, -0.2) is 9.98 Å². The molecule has 53 heavy (non-hydrogen) atoms. The Morgan fingerprint density at radius 2 is 1.11 bits per heavy atom. The number of fused-ring (bicyclic) bond motifs is 8. The van der Waals surface area contributed by atoms with E-state index in [4.69, 9.17) is 14.4 Å². The summed E-state index contributed by atoms with van der Waals surface area (Å²) < 4.78 is 8.88. The molecule has 8 aromatic carbocycles. The zero-order valence-corrected chi connectivity index (χ0v) is 29.1. The number of amidine groups is 1. The first-order chi connectivity index (χ1) is 26.1. The highest BCUT2D eigenvalue weighted by Crippen LogP contribution is 2.38. The lowest BCUT2D eigenvalue weighted by Crippen LogP contribution is -2.04. The SMILES string of the molecule is C=C(N=C(N=C(C)c1ccc2ccccc2c1)c1ccc2ccccc2c1)c1cccc2oc3cc(-n4c5ccccc5c5ccccc54)ccc3c12. The highest BCUT2D eigenvalue weighted by molar-refractivity contribution is 6.16. The van der Waals surface area contributed by atoms with E-state index in [2.05, 4.69) is 169 Å². The summed E-state index contributed by atoms with van der Waals surface area (Å²) in [6, 6.07) is 59.3. The predicted octanol–water partition coefficient (Wildman–Crippen LogP) is 12.9. The van der Waals surface area contributed by atoms with Gasteiger partial charge in [0.15, 0.2) is 5.84 Å². The molecule has 0 unspecified atom stereocenters. The lowest BCUT2D eigenvalue weighted by molar-refractivity contribution is 0.668. The molecule has 0 aliphatic heterocycles. The first kappa shape index (κ1) is 30.8. The van der Waals surface area contributed by atoms with Crippen molar-refractivity contribution in [3.8, 4) is 5.69 Å². The zero-order valence-electron chi connectivity index (χ0n) is 29.1. The lowest BCUT2D eigenvalue weighted by atomic mass is 10.0. The second-order valence-electron chi connectivity index (χ2n) is 13.5. The quantitative estimate of drug-likeness (QED) is 0.132. The van der Waals surface area contributed by atoms with Gasteiger partial charge in [-0.05, 0) is 76.5 Å². The molecule has 0 amide bonds. The summed E-state index contributed by atoms with van der Waals surface area (Å²) in [6.45, 7) is 6.58. The maximum absolute atomic E-state index is 6.57. The fourth-order valence-corrected chi connectivity index (χ4v) is 7.70. The number of hydrogen-bond acceptors (Lipinski definition) is 2. The molecule has 0 bridgehead atoms. The van der Waals surface area contributed by atoms with Gasteiger partial charge in [0.1, 0.15) is 11.2 Å².